The molecule has 4 rings (SSSR count). The number of anilines is 1. The zero-order valence-corrected chi connectivity index (χ0v) is 22.1. The summed E-state index contributed by atoms with van der Waals surface area (Å²) in [6.07, 6.45) is 0.839. The highest BCUT2D eigenvalue weighted by molar-refractivity contribution is 7.86. The van der Waals surface area contributed by atoms with Crippen molar-refractivity contribution in [1.82, 2.24) is 0 Å². The number of fused-ring (bicyclic) bond motifs is 1. The molecule has 0 saturated heterocycles. The van der Waals surface area contributed by atoms with Crippen LogP contribution < -0.4 is 10.5 Å². The van der Waals surface area contributed by atoms with Crippen molar-refractivity contribution in [3.63, 3.8) is 0 Å². The van der Waals surface area contributed by atoms with Crippen molar-refractivity contribution < 1.29 is 30.7 Å². The number of hydrogen-bond donors (Lipinski definition) is 3. The van der Waals surface area contributed by atoms with E-state index in [0.717, 1.165) is 29.9 Å². The maximum atomic E-state index is 12.1. The number of rotatable bonds is 8. The van der Waals surface area contributed by atoms with Gasteiger partial charge in [0.15, 0.2) is 0 Å². The van der Waals surface area contributed by atoms with Gasteiger partial charge in [-0.1, -0.05) is 42.5 Å². The third kappa shape index (κ3) is 5.52. The number of azo groups is 1. The summed E-state index contributed by atoms with van der Waals surface area (Å²) >= 11 is 0.979. The fraction of sp³-hybridized carbons (Fsp3) is 0.125. The van der Waals surface area contributed by atoms with Crippen LogP contribution in [0.25, 0.3) is 21.9 Å². The van der Waals surface area contributed by atoms with Crippen molar-refractivity contribution in [2.75, 3.05) is 12.3 Å². The van der Waals surface area contributed by atoms with Gasteiger partial charge in [-0.05, 0) is 42.3 Å². The standard InChI is InChI=1S/C24H20N4O7S3/c1-2-10-35-16-8-6-14(7-9-16)22-19(13-25)23(26)36-24(22)28-27-15-11-18-17(21(12-15)38(32,33)34)4-3-5-20(18)37(29,30)31/h3-9,11-12H,2,10,26H2,1H3,(H,29,30,31)(H,32,33,34). The number of thiophene rings is 1. The van der Waals surface area contributed by atoms with E-state index in [-0.39, 0.29) is 32.0 Å². The first-order chi connectivity index (χ1) is 17.9. The molecule has 1 aromatic heterocycles. The summed E-state index contributed by atoms with van der Waals surface area (Å²) in [6.45, 7) is 2.53. The Kier molecular flexibility index (Phi) is 7.49. The third-order valence-electron chi connectivity index (χ3n) is 5.36. The highest BCUT2D eigenvalue weighted by atomic mass is 32.2. The first-order valence-corrected chi connectivity index (χ1v) is 14.6. The number of benzene rings is 3. The number of nitrogen functional groups attached to an aromatic ring is 1. The van der Waals surface area contributed by atoms with Crippen LogP contribution in [0.15, 0.2) is 74.6 Å². The molecule has 38 heavy (non-hydrogen) atoms. The van der Waals surface area contributed by atoms with Crippen LogP contribution in [-0.2, 0) is 20.2 Å². The van der Waals surface area contributed by atoms with E-state index in [4.69, 9.17) is 10.5 Å². The van der Waals surface area contributed by atoms with Crippen molar-refractivity contribution in [3.8, 4) is 22.9 Å². The number of nitriles is 1. The zero-order valence-electron chi connectivity index (χ0n) is 19.7. The molecule has 0 aliphatic rings. The molecule has 3 aromatic carbocycles. The van der Waals surface area contributed by atoms with Crippen LogP contribution in [0.4, 0.5) is 15.7 Å². The SMILES string of the molecule is CCCOc1ccc(-c2c(N=Nc3cc(S(=O)(=O)O)c4cccc(S(=O)(=O)O)c4c3)sc(N)c2C#N)cc1. The molecule has 0 amide bonds. The van der Waals surface area contributed by atoms with Crippen molar-refractivity contribution in [2.24, 2.45) is 10.2 Å². The Morgan fingerprint density at radius 3 is 2.26 bits per heavy atom. The number of hydrogen-bond acceptors (Lipinski definition) is 10. The molecule has 14 heteroatoms. The van der Waals surface area contributed by atoms with Gasteiger partial charge in [0.25, 0.3) is 20.2 Å². The Morgan fingerprint density at radius 1 is 0.974 bits per heavy atom. The topological polar surface area (TPSA) is 192 Å². The van der Waals surface area contributed by atoms with E-state index >= 15 is 0 Å². The van der Waals surface area contributed by atoms with Crippen molar-refractivity contribution in [3.05, 3.63) is 60.2 Å². The van der Waals surface area contributed by atoms with Gasteiger partial charge in [0, 0.05) is 16.3 Å². The van der Waals surface area contributed by atoms with E-state index in [1.165, 1.54) is 18.2 Å². The Labute approximate surface area is 222 Å². The summed E-state index contributed by atoms with van der Waals surface area (Å²) in [5.41, 5.74) is 7.09. The number of nitrogens with two attached hydrogens (primary N) is 1. The summed E-state index contributed by atoms with van der Waals surface area (Å²) in [7, 11) is -9.56. The molecular formula is C24H20N4O7S3. The predicted octanol–water partition coefficient (Wildman–Crippen LogP) is 5.72. The smallest absolute Gasteiger partial charge is 0.295 e. The Bertz CT molecular complexity index is 1820. The molecule has 11 nitrogen and oxygen atoms in total. The normalized spacial score (nSPS) is 12.2. The van der Waals surface area contributed by atoms with Gasteiger partial charge >= 0.3 is 0 Å². The average Bonchev–Trinajstić information content (AvgIpc) is 3.19. The maximum Gasteiger partial charge on any atom is 0.295 e. The third-order valence-corrected chi connectivity index (χ3v) is 8.07. The highest BCUT2D eigenvalue weighted by Gasteiger charge is 2.22. The molecule has 4 N–H and O–H groups in total. The lowest BCUT2D eigenvalue weighted by atomic mass is 10.0. The molecule has 0 atom stereocenters. The molecule has 0 saturated carbocycles. The molecular weight excluding hydrogens is 552 g/mol. The van der Waals surface area contributed by atoms with E-state index in [1.807, 2.05) is 6.92 Å². The zero-order chi connectivity index (χ0) is 27.7. The minimum atomic E-state index is -4.82. The summed E-state index contributed by atoms with van der Waals surface area (Å²) < 4.78 is 72.9. The van der Waals surface area contributed by atoms with Gasteiger partial charge in [-0.25, -0.2) is 0 Å². The lowest BCUT2D eigenvalue weighted by Crippen LogP contribution is -2.03. The first-order valence-electron chi connectivity index (χ1n) is 10.9. The van der Waals surface area contributed by atoms with Crippen LogP contribution in [0, 0.1) is 11.3 Å². The Hall–Kier alpha value is -3.87. The van der Waals surface area contributed by atoms with E-state index in [9.17, 15) is 31.2 Å². The lowest BCUT2D eigenvalue weighted by Gasteiger charge is -2.09. The molecule has 4 aromatic rings. The summed E-state index contributed by atoms with van der Waals surface area (Å²) in [5.74, 6) is 0.643. The van der Waals surface area contributed by atoms with Gasteiger partial charge < -0.3 is 10.5 Å². The summed E-state index contributed by atoms with van der Waals surface area (Å²) in [5, 5.41) is 18.0. The predicted molar refractivity (Wildman–Crippen MR) is 142 cm³/mol. The van der Waals surface area contributed by atoms with Gasteiger partial charge in [0.2, 0.25) is 0 Å². The van der Waals surface area contributed by atoms with Gasteiger partial charge in [0.05, 0.1) is 17.9 Å². The highest BCUT2D eigenvalue weighted by Crippen LogP contribution is 2.45. The monoisotopic (exact) mass is 572 g/mol. The second-order valence-corrected chi connectivity index (χ2v) is 11.8. The molecule has 196 valence electrons. The van der Waals surface area contributed by atoms with Gasteiger partial charge in [-0.3, -0.25) is 9.11 Å². The molecule has 1 heterocycles. The van der Waals surface area contributed by atoms with Crippen LogP contribution in [0.1, 0.15) is 18.9 Å². The quantitative estimate of drug-likeness (QED) is 0.175. The van der Waals surface area contributed by atoms with Crippen molar-refractivity contribution in [2.45, 2.75) is 23.1 Å². The molecule has 0 aliphatic carbocycles. The number of nitrogens with zero attached hydrogens (tertiary/aromatic N) is 3. The minimum absolute atomic E-state index is 0.138. The first kappa shape index (κ1) is 27.2. The average molecular weight is 573 g/mol. The fourth-order valence-corrected chi connectivity index (χ4v) is 6.02. The van der Waals surface area contributed by atoms with Gasteiger partial charge in [-0.15, -0.1) is 10.2 Å². The molecule has 0 aliphatic heterocycles. The van der Waals surface area contributed by atoms with Gasteiger partial charge in [0.1, 0.15) is 31.6 Å². The molecule has 0 unspecified atom stereocenters. The van der Waals surface area contributed by atoms with Gasteiger partial charge in [-0.2, -0.15) is 22.1 Å². The summed E-state index contributed by atoms with van der Waals surface area (Å²) in [4.78, 5) is -1.20. The van der Waals surface area contributed by atoms with Crippen LogP contribution in [0.5, 0.6) is 5.75 Å². The van der Waals surface area contributed by atoms with Crippen LogP contribution in [-0.4, -0.2) is 32.5 Å². The second kappa shape index (κ2) is 10.5. The van der Waals surface area contributed by atoms with E-state index in [2.05, 4.69) is 16.3 Å². The fourth-order valence-electron chi connectivity index (χ4n) is 3.73. The molecule has 0 spiro atoms. The van der Waals surface area contributed by atoms with E-state index in [1.54, 1.807) is 24.3 Å². The number of ether oxygens (including phenoxy) is 1. The second-order valence-electron chi connectivity index (χ2n) is 7.95. The van der Waals surface area contributed by atoms with Crippen molar-refractivity contribution >= 4 is 58.0 Å². The van der Waals surface area contributed by atoms with Crippen LogP contribution >= 0.6 is 11.3 Å². The van der Waals surface area contributed by atoms with Crippen molar-refractivity contribution in [1.29, 1.82) is 5.26 Å². The lowest BCUT2D eigenvalue weighted by molar-refractivity contribution is 0.317. The molecule has 0 fully saturated rings. The minimum Gasteiger partial charge on any atom is -0.494 e. The molecule has 0 bridgehead atoms. The van der Waals surface area contributed by atoms with E-state index in [0.29, 0.717) is 23.5 Å². The maximum absolute atomic E-state index is 12.1. The Morgan fingerprint density at radius 2 is 1.66 bits per heavy atom. The van der Waals surface area contributed by atoms with E-state index < -0.39 is 30.0 Å². The molecule has 0 radical (unpaired) electrons. The Balaban J connectivity index is 1.87. The van der Waals surface area contributed by atoms with Crippen LogP contribution in [0.3, 0.4) is 0 Å². The summed E-state index contributed by atoms with van der Waals surface area (Å²) in [6, 6.07) is 14.8. The largest absolute Gasteiger partial charge is 0.494 e. The van der Waals surface area contributed by atoms with Crippen LogP contribution in [0.2, 0.25) is 0 Å².